The molecule has 0 saturated carbocycles. The van der Waals surface area contributed by atoms with Crippen LogP contribution in [0.25, 0.3) is 0 Å². The summed E-state index contributed by atoms with van der Waals surface area (Å²) in [5, 5.41) is 13.3. The van der Waals surface area contributed by atoms with E-state index in [4.69, 9.17) is 4.74 Å². The molecule has 0 aromatic rings. The summed E-state index contributed by atoms with van der Waals surface area (Å²) in [6, 6.07) is -0.571. The van der Waals surface area contributed by atoms with E-state index in [0.717, 1.165) is 0 Å². The van der Waals surface area contributed by atoms with Gasteiger partial charge in [-0.05, 0) is 6.92 Å². The van der Waals surface area contributed by atoms with Crippen molar-refractivity contribution in [2.24, 2.45) is 0 Å². The highest BCUT2D eigenvalue weighted by Crippen LogP contribution is 2.18. The van der Waals surface area contributed by atoms with Crippen LogP contribution in [0.2, 0.25) is 0 Å². The first-order chi connectivity index (χ1) is 6.99. The molecule has 1 atom stereocenters. The Morgan fingerprint density at radius 1 is 1.73 bits per heavy atom. The summed E-state index contributed by atoms with van der Waals surface area (Å²) in [5.74, 6) is -0.440. The standard InChI is InChI=1S/C8H14N2O5/c1-6(7(11)14-2)9-8(3-10(12)13)4-15-5-8/h6,9H,3-5H2,1-2H3/t6-/m0/s1. The maximum atomic E-state index is 11.1. The first kappa shape index (κ1) is 11.9. The van der Waals surface area contributed by atoms with Crippen molar-refractivity contribution in [3.8, 4) is 0 Å². The Morgan fingerprint density at radius 2 is 2.33 bits per heavy atom. The smallest absolute Gasteiger partial charge is 0.322 e. The molecular formula is C8H14N2O5. The van der Waals surface area contributed by atoms with E-state index in [2.05, 4.69) is 10.1 Å². The predicted octanol–water partition coefficient (Wildman–Crippen LogP) is -0.817. The van der Waals surface area contributed by atoms with E-state index < -0.39 is 22.5 Å². The van der Waals surface area contributed by atoms with Crippen molar-refractivity contribution in [3.05, 3.63) is 10.1 Å². The van der Waals surface area contributed by atoms with Gasteiger partial charge in [-0.2, -0.15) is 0 Å². The predicted molar refractivity (Wildman–Crippen MR) is 50.0 cm³/mol. The lowest BCUT2D eigenvalue weighted by Gasteiger charge is -2.40. The van der Waals surface area contributed by atoms with Crippen LogP contribution in [0.5, 0.6) is 0 Å². The summed E-state index contributed by atoms with van der Waals surface area (Å²) in [5.41, 5.74) is -0.725. The summed E-state index contributed by atoms with van der Waals surface area (Å²) in [4.78, 5) is 21.1. The zero-order valence-electron chi connectivity index (χ0n) is 8.69. The SMILES string of the molecule is COC(=O)[C@H](C)NC1(C[N+](=O)[O-])COC1. The number of nitro groups is 1. The van der Waals surface area contributed by atoms with Gasteiger partial charge in [-0.3, -0.25) is 20.2 Å². The number of nitrogens with one attached hydrogen (secondary N) is 1. The normalized spacial score (nSPS) is 20.1. The van der Waals surface area contributed by atoms with E-state index in [0.29, 0.717) is 0 Å². The van der Waals surface area contributed by atoms with Crippen molar-refractivity contribution in [3.63, 3.8) is 0 Å². The van der Waals surface area contributed by atoms with Gasteiger partial charge in [0.25, 0.3) is 0 Å². The highest BCUT2D eigenvalue weighted by molar-refractivity contribution is 5.75. The minimum absolute atomic E-state index is 0.245. The lowest BCUT2D eigenvalue weighted by molar-refractivity contribution is -0.498. The number of ether oxygens (including phenoxy) is 2. The summed E-state index contributed by atoms with van der Waals surface area (Å²) < 4.78 is 9.45. The number of rotatable bonds is 5. The highest BCUT2D eigenvalue weighted by atomic mass is 16.6. The van der Waals surface area contributed by atoms with Gasteiger partial charge < -0.3 is 9.47 Å². The van der Waals surface area contributed by atoms with Crippen molar-refractivity contribution >= 4 is 5.97 Å². The Balaban J connectivity index is 2.52. The Kier molecular flexibility index (Phi) is 3.59. The number of nitrogens with zero attached hydrogens (tertiary/aromatic N) is 1. The third-order valence-corrected chi connectivity index (χ3v) is 2.27. The monoisotopic (exact) mass is 218 g/mol. The van der Waals surface area contributed by atoms with E-state index >= 15 is 0 Å². The van der Waals surface area contributed by atoms with Gasteiger partial charge in [-0.15, -0.1) is 0 Å². The van der Waals surface area contributed by atoms with E-state index in [1.54, 1.807) is 6.92 Å². The first-order valence-corrected chi connectivity index (χ1v) is 4.54. The average Bonchev–Trinajstić information content (AvgIpc) is 2.12. The molecular weight excluding hydrogens is 204 g/mol. The van der Waals surface area contributed by atoms with Gasteiger partial charge in [0.05, 0.1) is 20.3 Å². The van der Waals surface area contributed by atoms with Crippen LogP contribution in [0.3, 0.4) is 0 Å². The average molecular weight is 218 g/mol. The molecule has 0 spiro atoms. The molecule has 0 bridgehead atoms. The van der Waals surface area contributed by atoms with E-state index in [9.17, 15) is 14.9 Å². The number of esters is 1. The Morgan fingerprint density at radius 3 is 2.67 bits per heavy atom. The number of hydrogen-bond acceptors (Lipinski definition) is 6. The van der Waals surface area contributed by atoms with Crippen molar-refractivity contribution in [2.75, 3.05) is 26.9 Å². The van der Waals surface area contributed by atoms with Gasteiger partial charge in [0.2, 0.25) is 6.54 Å². The fraction of sp³-hybridized carbons (Fsp3) is 0.875. The fourth-order valence-electron chi connectivity index (χ4n) is 1.51. The summed E-state index contributed by atoms with van der Waals surface area (Å²) in [6.07, 6.45) is 0. The molecule has 1 N–H and O–H groups in total. The Hall–Kier alpha value is -1.21. The van der Waals surface area contributed by atoms with Gasteiger partial charge in [0, 0.05) is 4.92 Å². The van der Waals surface area contributed by atoms with Gasteiger partial charge in [0.1, 0.15) is 11.6 Å². The van der Waals surface area contributed by atoms with Crippen LogP contribution in [0.1, 0.15) is 6.92 Å². The molecule has 0 radical (unpaired) electrons. The maximum absolute atomic E-state index is 11.1. The van der Waals surface area contributed by atoms with Crippen molar-refractivity contribution in [2.45, 2.75) is 18.5 Å². The van der Waals surface area contributed by atoms with Gasteiger partial charge in [0.15, 0.2) is 0 Å². The molecule has 1 rings (SSSR count). The molecule has 1 heterocycles. The van der Waals surface area contributed by atoms with Crippen LogP contribution in [0, 0.1) is 10.1 Å². The molecule has 0 aliphatic carbocycles. The molecule has 1 aliphatic rings. The molecule has 0 amide bonds. The molecule has 1 saturated heterocycles. The van der Waals surface area contributed by atoms with Crippen molar-refractivity contribution in [1.29, 1.82) is 0 Å². The number of hydrogen-bond donors (Lipinski definition) is 1. The van der Waals surface area contributed by atoms with E-state index in [1.807, 2.05) is 0 Å². The third kappa shape index (κ3) is 2.87. The second kappa shape index (κ2) is 4.54. The van der Waals surface area contributed by atoms with Crippen molar-refractivity contribution in [1.82, 2.24) is 5.32 Å². The highest BCUT2D eigenvalue weighted by Gasteiger charge is 2.45. The van der Waals surface area contributed by atoms with Gasteiger partial charge in [-0.1, -0.05) is 0 Å². The summed E-state index contributed by atoms with van der Waals surface area (Å²) in [6.45, 7) is 1.84. The first-order valence-electron chi connectivity index (χ1n) is 4.54. The minimum atomic E-state index is -0.725. The Labute approximate surface area is 86.9 Å². The topological polar surface area (TPSA) is 90.7 Å². The van der Waals surface area contributed by atoms with E-state index in [-0.39, 0.29) is 19.8 Å². The van der Waals surface area contributed by atoms with Crippen molar-refractivity contribution < 1.29 is 19.2 Å². The molecule has 0 aromatic carbocycles. The van der Waals surface area contributed by atoms with E-state index in [1.165, 1.54) is 7.11 Å². The van der Waals surface area contributed by atoms with Crippen LogP contribution in [0.4, 0.5) is 0 Å². The largest absolute Gasteiger partial charge is 0.468 e. The van der Waals surface area contributed by atoms with Crippen LogP contribution >= 0.6 is 0 Å². The van der Waals surface area contributed by atoms with Crippen LogP contribution < -0.4 is 5.32 Å². The van der Waals surface area contributed by atoms with Gasteiger partial charge >= 0.3 is 5.97 Å². The molecule has 1 aliphatic heterocycles. The third-order valence-electron chi connectivity index (χ3n) is 2.27. The second-order valence-corrected chi connectivity index (χ2v) is 3.65. The van der Waals surface area contributed by atoms with Crippen LogP contribution in [-0.4, -0.2) is 49.3 Å². The van der Waals surface area contributed by atoms with Crippen LogP contribution in [-0.2, 0) is 14.3 Å². The number of methoxy groups -OCH3 is 1. The molecule has 0 aromatic heterocycles. The molecule has 0 unspecified atom stereocenters. The lowest BCUT2D eigenvalue weighted by atomic mass is 9.96. The second-order valence-electron chi connectivity index (χ2n) is 3.65. The lowest BCUT2D eigenvalue weighted by Crippen LogP contribution is -2.67. The Bertz CT molecular complexity index is 264. The number of carbonyl (C=O) groups is 1. The maximum Gasteiger partial charge on any atom is 0.322 e. The fourth-order valence-corrected chi connectivity index (χ4v) is 1.51. The molecule has 1 fully saturated rings. The summed E-state index contributed by atoms with van der Waals surface area (Å²) >= 11 is 0. The number of carbonyl (C=O) groups excluding carboxylic acids is 1. The molecule has 15 heavy (non-hydrogen) atoms. The van der Waals surface area contributed by atoms with Crippen LogP contribution in [0.15, 0.2) is 0 Å². The summed E-state index contributed by atoms with van der Waals surface area (Å²) in [7, 11) is 1.28. The molecule has 7 heteroatoms. The van der Waals surface area contributed by atoms with Gasteiger partial charge in [-0.25, -0.2) is 0 Å². The molecule has 86 valence electrons. The minimum Gasteiger partial charge on any atom is -0.468 e. The molecule has 7 nitrogen and oxygen atoms in total. The quantitative estimate of drug-likeness (QED) is 0.368. The zero-order valence-corrected chi connectivity index (χ0v) is 8.69. The zero-order chi connectivity index (χ0) is 11.5.